The molecule has 0 bridgehead atoms. The Kier molecular flexibility index (Phi) is 5.24. The molecule has 0 aliphatic carbocycles. The van der Waals surface area contributed by atoms with Gasteiger partial charge in [-0.15, -0.1) is 0 Å². The van der Waals surface area contributed by atoms with E-state index >= 15 is 0 Å². The largest absolute Gasteiger partial charge is 0.449 e. The molecule has 0 aliphatic heterocycles. The van der Waals surface area contributed by atoms with E-state index < -0.39 is 12.1 Å². The number of rotatable bonds is 4. The molecule has 0 radical (unpaired) electrons. The number of benzene rings is 2. The Hall–Kier alpha value is -2.82. The maximum atomic E-state index is 12.3. The summed E-state index contributed by atoms with van der Waals surface area (Å²) in [5, 5.41) is 2.81. The van der Waals surface area contributed by atoms with Gasteiger partial charge in [0, 0.05) is 11.4 Å². The number of esters is 1. The molecule has 5 nitrogen and oxygen atoms in total. The molecule has 1 atom stereocenters. The molecule has 0 fully saturated rings. The highest BCUT2D eigenvalue weighted by Crippen LogP contribution is 2.21. The lowest BCUT2D eigenvalue weighted by atomic mass is 10.1. The van der Waals surface area contributed by atoms with Crippen LogP contribution in [0.15, 0.2) is 36.4 Å². The van der Waals surface area contributed by atoms with Crippen molar-refractivity contribution in [2.24, 2.45) is 0 Å². The molecule has 126 valence electrons. The Bertz CT molecular complexity index is 764. The van der Waals surface area contributed by atoms with E-state index in [0.717, 1.165) is 22.4 Å². The molecule has 0 aliphatic rings. The second kappa shape index (κ2) is 7.17. The minimum atomic E-state index is -0.934. The molecule has 0 heterocycles. The molecule has 0 saturated carbocycles. The van der Waals surface area contributed by atoms with Crippen molar-refractivity contribution in [3.05, 3.63) is 58.7 Å². The van der Waals surface area contributed by atoms with Gasteiger partial charge in [-0.1, -0.05) is 30.3 Å². The van der Waals surface area contributed by atoms with Crippen molar-refractivity contribution in [2.45, 2.75) is 33.8 Å². The first-order valence-corrected chi connectivity index (χ1v) is 7.74. The molecule has 0 unspecified atom stereocenters. The van der Waals surface area contributed by atoms with E-state index in [4.69, 9.17) is 10.5 Å². The van der Waals surface area contributed by atoms with Crippen LogP contribution in [0, 0.1) is 20.8 Å². The Morgan fingerprint density at radius 3 is 2.17 bits per heavy atom. The zero-order valence-electron chi connectivity index (χ0n) is 14.3. The van der Waals surface area contributed by atoms with Crippen LogP contribution < -0.4 is 11.1 Å². The van der Waals surface area contributed by atoms with Gasteiger partial charge in [-0.2, -0.15) is 0 Å². The lowest BCUT2D eigenvalue weighted by Crippen LogP contribution is -2.30. The molecule has 2 aromatic rings. The molecule has 0 saturated heterocycles. The summed E-state index contributed by atoms with van der Waals surface area (Å²) in [5.74, 6) is -0.993. The van der Waals surface area contributed by atoms with Crippen LogP contribution in [0.4, 0.5) is 11.4 Å². The SMILES string of the molecule is Cc1cccc(C(=O)O[C@H](C)C(=O)Nc2c(C)cccc2C)c1N. The van der Waals surface area contributed by atoms with Crippen molar-refractivity contribution < 1.29 is 14.3 Å². The summed E-state index contributed by atoms with van der Waals surface area (Å²) in [4.78, 5) is 24.6. The maximum absolute atomic E-state index is 12.3. The van der Waals surface area contributed by atoms with E-state index in [2.05, 4.69) is 5.32 Å². The van der Waals surface area contributed by atoms with Crippen molar-refractivity contribution in [2.75, 3.05) is 11.1 Å². The van der Waals surface area contributed by atoms with Crippen LogP contribution in [0.1, 0.15) is 34.0 Å². The summed E-state index contributed by atoms with van der Waals surface area (Å²) in [5.41, 5.74) is 9.95. The van der Waals surface area contributed by atoms with Gasteiger partial charge in [0.25, 0.3) is 5.91 Å². The van der Waals surface area contributed by atoms with Gasteiger partial charge in [-0.05, 0) is 50.5 Å². The third kappa shape index (κ3) is 3.74. The Balaban J connectivity index is 2.09. The topological polar surface area (TPSA) is 81.4 Å². The minimum Gasteiger partial charge on any atom is -0.449 e. The zero-order chi connectivity index (χ0) is 17.9. The summed E-state index contributed by atoms with van der Waals surface area (Å²) in [6.45, 7) is 7.16. The number of carbonyl (C=O) groups is 2. The lowest BCUT2D eigenvalue weighted by molar-refractivity contribution is -0.123. The number of hydrogen-bond donors (Lipinski definition) is 2. The monoisotopic (exact) mass is 326 g/mol. The predicted molar refractivity (Wildman–Crippen MR) is 95.0 cm³/mol. The molecular formula is C19H22N2O3. The fourth-order valence-electron chi connectivity index (χ4n) is 2.37. The van der Waals surface area contributed by atoms with Gasteiger partial charge in [0.2, 0.25) is 0 Å². The number of nitrogens with two attached hydrogens (primary N) is 1. The molecular weight excluding hydrogens is 304 g/mol. The van der Waals surface area contributed by atoms with Crippen LogP contribution in [0.5, 0.6) is 0 Å². The van der Waals surface area contributed by atoms with Crippen LogP contribution in [0.25, 0.3) is 0 Å². The molecule has 1 amide bonds. The molecule has 0 spiro atoms. The summed E-state index contributed by atoms with van der Waals surface area (Å²) < 4.78 is 5.26. The van der Waals surface area contributed by atoms with Gasteiger partial charge in [-0.3, -0.25) is 4.79 Å². The molecule has 5 heteroatoms. The molecule has 2 aromatic carbocycles. The van der Waals surface area contributed by atoms with E-state index in [1.807, 2.05) is 45.0 Å². The third-order valence-electron chi connectivity index (χ3n) is 3.93. The van der Waals surface area contributed by atoms with Gasteiger partial charge in [0.1, 0.15) is 0 Å². The van der Waals surface area contributed by atoms with Crippen molar-refractivity contribution in [3.8, 4) is 0 Å². The lowest BCUT2D eigenvalue weighted by Gasteiger charge is -2.17. The predicted octanol–water partition coefficient (Wildman–Crippen LogP) is 3.38. The number of ether oxygens (including phenoxy) is 1. The highest BCUT2D eigenvalue weighted by atomic mass is 16.5. The first-order valence-electron chi connectivity index (χ1n) is 7.74. The van der Waals surface area contributed by atoms with Crippen molar-refractivity contribution >= 4 is 23.3 Å². The minimum absolute atomic E-state index is 0.265. The second-order valence-corrected chi connectivity index (χ2v) is 5.84. The highest BCUT2D eigenvalue weighted by Gasteiger charge is 2.21. The second-order valence-electron chi connectivity index (χ2n) is 5.84. The summed E-state index contributed by atoms with van der Waals surface area (Å²) >= 11 is 0. The fourth-order valence-corrected chi connectivity index (χ4v) is 2.37. The van der Waals surface area contributed by atoms with Crippen LogP contribution in [-0.4, -0.2) is 18.0 Å². The van der Waals surface area contributed by atoms with E-state index in [9.17, 15) is 9.59 Å². The normalized spacial score (nSPS) is 11.7. The van der Waals surface area contributed by atoms with Gasteiger partial charge in [0.05, 0.1) is 5.56 Å². The van der Waals surface area contributed by atoms with Gasteiger partial charge in [0.15, 0.2) is 6.10 Å². The van der Waals surface area contributed by atoms with Gasteiger partial charge in [-0.25, -0.2) is 4.79 Å². The third-order valence-corrected chi connectivity index (χ3v) is 3.93. The smallest absolute Gasteiger partial charge is 0.341 e. The van der Waals surface area contributed by atoms with Crippen LogP contribution in [-0.2, 0) is 9.53 Å². The highest BCUT2D eigenvalue weighted by molar-refractivity contribution is 6.00. The van der Waals surface area contributed by atoms with E-state index in [1.54, 1.807) is 12.1 Å². The fraction of sp³-hybridized carbons (Fsp3) is 0.263. The number of amides is 1. The first kappa shape index (κ1) is 17.5. The summed E-state index contributed by atoms with van der Waals surface area (Å²) in [6.07, 6.45) is -0.934. The summed E-state index contributed by atoms with van der Waals surface area (Å²) in [7, 11) is 0. The number of carbonyl (C=O) groups excluding carboxylic acids is 2. The quantitative estimate of drug-likeness (QED) is 0.666. The Labute approximate surface area is 141 Å². The first-order chi connectivity index (χ1) is 11.3. The molecule has 2 rings (SSSR count). The van der Waals surface area contributed by atoms with Crippen molar-refractivity contribution in [3.63, 3.8) is 0 Å². The number of anilines is 2. The standard InChI is InChI=1S/C19H22N2O3/c1-11-7-6-10-15(16(11)20)19(23)24-14(4)18(22)21-17-12(2)8-5-9-13(17)3/h5-10,14H,20H2,1-4H3,(H,21,22)/t14-/m1/s1. The van der Waals surface area contributed by atoms with Crippen molar-refractivity contribution in [1.29, 1.82) is 0 Å². The Morgan fingerprint density at radius 2 is 1.54 bits per heavy atom. The van der Waals surface area contributed by atoms with Crippen LogP contribution in [0.2, 0.25) is 0 Å². The number of para-hydroxylation sites is 2. The average molecular weight is 326 g/mol. The van der Waals surface area contributed by atoms with Crippen LogP contribution >= 0.6 is 0 Å². The summed E-state index contributed by atoms with van der Waals surface area (Å²) in [6, 6.07) is 10.9. The van der Waals surface area contributed by atoms with Gasteiger partial charge < -0.3 is 15.8 Å². The maximum Gasteiger partial charge on any atom is 0.341 e. The molecule has 0 aromatic heterocycles. The van der Waals surface area contributed by atoms with Crippen molar-refractivity contribution in [1.82, 2.24) is 0 Å². The van der Waals surface area contributed by atoms with E-state index in [-0.39, 0.29) is 11.5 Å². The van der Waals surface area contributed by atoms with E-state index in [1.165, 1.54) is 6.92 Å². The number of nitrogen functional groups attached to an aromatic ring is 1. The number of hydrogen-bond acceptors (Lipinski definition) is 4. The molecule has 3 N–H and O–H groups in total. The van der Waals surface area contributed by atoms with E-state index in [0.29, 0.717) is 5.69 Å². The van der Waals surface area contributed by atoms with Gasteiger partial charge >= 0.3 is 5.97 Å². The number of aryl methyl sites for hydroxylation is 3. The molecule has 24 heavy (non-hydrogen) atoms. The Morgan fingerprint density at radius 1 is 1.00 bits per heavy atom. The zero-order valence-corrected chi connectivity index (χ0v) is 14.3. The average Bonchev–Trinajstić information content (AvgIpc) is 2.53. The number of nitrogens with one attached hydrogen (secondary N) is 1. The van der Waals surface area contributed by atoms with Crippen LogP contribution in [0.3, 0.4) is 0 Å².